The lowest BCUT2D eigenvalue weighted by Crippen LogP contribution is -2.57. The molecule has 0 bridgehead atoms. The highest BCUT2D eigenvalue weighted by Gasteiger charge is 2.56. The van der Waals surface area contributed by atoms with Gasteiger partial charge in [0.05, 0.1) is 16.8 Å². The van der Waals surface area contributed by atoms with E-state index in [1.54, 1.807) is 31.2 Å². The summed E-state index contributed by atoms with van der Waals surface area (Å²) in [6.07, 6.45) is -6.48. The number of benzene rings is 1. The van der Waals surface area contributed by atoms with Crippen LogP contribution in [0.4, 0.5) is 31.1 Å². The first-order valence-corrected chi connectivity index (χ1v) is 20.9. The van der Waals surface area contributed by atoms with E-state index in [0.29, 0.717) is 51.3 Å². The predicted molar refractivity (Wildman–Crippen MR) is 200 cm³/mol. The maximum atomic E-state index is 14.6. The van der Waals surface area contributed by atoms with E-state index in [9.17, 15) is 53.9 Å². The van der Waals surface area contributed by atoms with Crippen LogP contribution in [0.25, 0.3) is 10.9 Å². The molecule has 1 saturated carbocycles. The molecule has 20 heteroatoms. The fourth-order valence-electron chi connectivity index (χ4n) is 7.59. The Labute approximate surface area is 337 Å². The van der Waals surface area contributed by atoms with Crippen LogP contribution in [-0.2, 0) is 41.7 Å². The average Bonchev–Trinajstić information content (AvgIpc) is 3.79. The Morgan fingerprint density at radius 3 is 2.41 bits per heavy atom. The number of ether oxygens (including phenoxy) is 2. The number of halogens is 6. The fraction of sp³-hybridized carbons (Fsp3) is 0.615. The summed E-state index contributed by atoms with van der Waals surface area (Å²) in [5.74, 6) is -3.57. The van der Waals surface area contributed by atoms with Gasteiger partial charge in [-0.2, -0.15) is 26.3 Å². The highest BCUT2D eigenvalue weighted by Crippen LogP contribution is 2.48. The van der Waals surface area contributed by atoms with Crippen molar-refractivity contribution in [1.82, 2.24) is 25.2 Å². The molecule has 1 aromatic carbocycles. The molecule has 3 N–H and O–H groups in total. The Morgan fingerprint density at radius 1 is 1.03 bits per heavy atom. The standard InChI is InChI=1S/C39H47F6N5O8S/c1-22-13-14-25-24(19-22)23-15-16-37(57-29(23)30(46-25)38(40,41)42)20-28-32(52)47-26(31(51)49-59(55,56)36(4)17-18-36)11-9-7-5-6-8-10-12-27(33(53)50(28)21-37)48-34(54)58-35(2,3)39(43,44)45/h7,9,13-14,19,26-28H,5-6,8,10-12,15-18,20-21H2,1-4H3,(H,47,52)(H,48,54)(H,49,51)/b9-7-/t26-,27+,28+,37-/m1/s1. The first kappa shape index (κ1) is 43.9. The van der Waals surface area contributed by atoms with Crippen molar-refractivity contribution in [3.8, 4) is 5.75 Å². The van der Waals surface area contributed by atoms with E-state index in [0.717, 1.165) is 10.5 Å². The van der Waals surface area contributed by atoms with Crippen molar-refractivity contribution < 1.29 is 63.4 Å². The Hall–Kier alpha value is -4.62. The number of carbonyl (C=O) groups excluding carboxylic acids is 4. The van der Waals surface area contributed by atoms with Crippen LogP contribution in [0, 0.1) is 6.92 Å². The first-order valence-electron chi connectivity index (χ1n) is 19.4. The smallest absolute Gasteiger partial charge is 0.437 e. The molecule has 1 saturated heterocycles. The minimum atomic E-state index is -4.98. The van der Waals surface area contributed by atoms with E-state index >= 15 is 0 Å². The highest BCUT2D eigenvalue weighted by atomic mass is 32.2. The van der Waals surface area contributed by atoms with Crippen LogP contribution in [-0.4, -0.2) is 88.9 Å². The van der Waals surface area contributed by atoms with E-state index in [2.05, 4.69) is 20.3 Å². The Bertz CT molecular complexity index is 2160. The molecule has 1 aromatic heterocycles. The number of alkyl carbamates (subject to hydrolysis) is 1. The molecular formula is C39H47F6N5O8S. The zero-order chi connectivity index (χ0) is 43.3. The monoisotopic (exact) mass is 859 g/mol. The molecule has 1 spiro atoms. The Morgan fingerprint density at radius 2 is 1.75 bits per heavy atom. The van der Waals surface area contributed by atoms with Crippen LogP contribution < -0.4 is 20.1 Å². The third-order valence-electron chi connectivity index (χ3n) is 11.6. The van der Waals surface area contributed by atoms with E-state index in [-0.39, 0.29) is 43.2 Å². The number of fused-ring (bicyclic) bond motifs is 4. The number of sulfonamides is 1. The van der Waals surface area contributed by atoms with Crippen molar-refractivity contribution >= 4 is 44.7 Å². The molecule has 0 radical (unpaired) electrons. The molecule has 4 heterocycles. The summed E-state index contributed by atoms with van der Waals surface area (Å²) in [5, 5.41) is 5.18. The topological polar surface area (TPSA) is 173 Å². The van der Waals surface area contributed by atoms with Crippen molar-refractivity contribution in [2.24, 2.45) is 0 Å². The molecule has 6 rings (SSSR count). The van der Waals surface area contributed by atoms with E-state index < -0.39 is 105 Å². The number of aromatic nitrogens is 1. The van der Waals surface area contributed by atoms with Gasteiger partial charge in [0, 0.05) is 17.4 Å². The van der Waals surface area contributed by atoms with Gasteiger partial charge < -0.3 is 25.0 Å². The van der Waals surface area contributed by atoms with E-state index in [4.69, 9.17) is 9.47 Å². The number of pyridine rings is 1. The second kappa shape index (κ2) is 15.8. The number of allylic oxidation sites excluding steroid dienone is 1. The van der Waals surface area contributed by atoms with Crippen molar-refractivity contribution in [2.45, 2.75) is 145 Å². The molecule has 13 nitrogen and oxygen atoms in total. The second-order valence-electron chi connectivity index (χ2n) is 16.7. The molecule has 4 aliphatic rings. The van der Waals surface area contributed by atoms with Gasteiger partial charge in [-0.25, -0.2) is 18.2 Å². The Balaban J connectivity index is 1.38. The molecular weight excluding hydrogens is 813 g/mol. The van der Waals surface area contributed by atoms with Gasteiger partial charge >= 0.3 is 18.4 Å². The first-order chi connectivity index (χ1) is 27.4. The molecule has 2 fully saturated rings. The van der Waals surface area contributed by atoms with Crippen molar-refractivity contribution in [3.05, 3.63) is 47.2 Å². The molecule has 2 aromatic rings. The number of carbonyl (C=O) groups is 4. The summed E-state index contributed by atoms with van der Waals surface area (Å²) in [5.41, 5.74) is -4.87. The van der Waals surface area contributed by atoms with E-state index in [1.807, 2.05) is 0 Å². The number of aryl methyl sites for hydroxylation is 2. The quantitative estimate of drug-likeness (QED) is 0.239. The number of nitrogens with one attached hydrogen (secondary N) is 3. The van der Waals surface area contributed by atoms with Gasteiger partial charge in [0.2, 0.25) is 27.4 Å². The number of nitrogens with zero attached hydrogens (tertiary/aromatic N) is 2. The zero-order valence-electron chi connectivity index (χ0n) is 32.9. The van der Waals surface area contributed by atoms with Gasteiger partial charge in [-0.05, 0) is 91.2 Å². The van der Waals surface area contributed by atoms with Gasteiger partial charge in [0.15, 0.2) is 11.4 Å². The van der Waals surface area contributed by atoms with Gasteiger partial charge in [0.25, 0.3) is 5.91 Å². The lowest BCUT2D eigenvalue weighted by Gasteiger charge is -2.37. The van der Waals surface area contributed by atoms with Crippen LogP contribution in [0.3, 0.4) is 0 Å². The van der Waals surface area contributed by atoms with Gasteiger partial charge in [-0.3, -0.25) is 19.1 Å². The number of hydrogen-bond donors (Lipinski definition) is 3. The predicted octanol–water partition coefficient (Wildman–Crippen LogP) is 6.06. The van der Waals surface area contributed by atoms with Crippen LogP contribution in [0.5, 0.6) is 5.75 Å². The number of alkyl halides is 6. The average molecular weight is 860 g/mol. The van der Waals surface area contributed by atoms with Crippen molar-refractivity contribution in [1.29, 1.82) is 0 Å². The molecule has 3 aliphatic heterocycles. The maximum absolute atomic E-state index is 14.6. The lowest BCUT2D eigenvalue weighted by atomic mass is 9.86. The summed E-state index contributed by atoms with van der Waals surface area (Å²) in [7, 11) is -4.15. The second-order valence-corrected chi connectivity index (χ2v) is 18.9. The third-order valence-corrected chi connectivity index (χ3v) is 13.8. The molecule has 59 heavy (non-hydrogen) atoms. The van der Waals surface area contributed by atoms with Gasteiger partial charge in [0.1, 0.15) is 23.7 Å². The molecule has 4 amide bonds. The van der Waals surface area contributed by atoms with E-state index in [1.165, 1.54) is 13.0 Å². The lowest BCUT2D eigenvalue weighted by molar-refractivity contribution is -0.244. The minimum Gasteiger partial charge on any atom is -0.483 e. The number of amides is 4. The maximum Gasteiger partial charge on any atom is 0.437 e. The molecule has 1 aliphatic carbocycles. The molecule has 4 atom stereocenters. The minimum absolute atomic E-state index is 0.00129. The van der Waals surface area contributed by atoms with Crippen LogP contribution >= 0.6 is 0 Å². The normalized spacial score (nSPS) is 26.1. The highest BCUT2D eigenvalue weighted by molar-refractivity contribution is 7.91. The molecule has 0 unspecified atom stereocenters. The fourth-order valence-corrected chi connectivity index (χ4v) is 8.89. The Kier molecular flexibility index (Phi) is 11.7. The number of rotatable bonds is 5. The third kappa shape index (κ3) is 9.26. The summed E-state index contributed by atoms with van der Waals surface area (Å²) in [6.45, 7) is 3.97. The van der Waals surface area contributed by atoms with Crippen molar-refractivity contribution in [2.75, 3.05) is 6.54 Å². The van der Waals surface area contributed by atoms with Crippen LogP contribution in [0.2, 0.25) is 0 Å². The van der Waals surface area contributed by atoms with Crippen LogP contribution in [0.15, 0.2) is 30.4 Å². The van der Waals surface area contributed by atoms with Gasteiger partial charge in [-0.15, -0.1) is 0 Å². The van der Waals surface area contributed by atoms with Crippen molar-refractivity contribution in [3.63, 3.8) is 0 Å². The summed E-state index contributed by atoms with van der Waals surface area (Å²) < 4.78 is 123. The summed E-state index contributed by atoms with van der Waals surface area (Å²) >= 11 is 0. The largest absolute Gasteiger partial charge is 0.483 e. The van der Waals surface area contributed by atoms with Crippen LogP contribution in [0.1, 0.15) is 102 Å². The summed E-state index contributed by atoms with van der Waals surface area (Å²) in [6, 6.07) is 0.156. The summed E-state index contributed by atoms with van der Waals surface area (Å²) in [4.78, 5) is 60.3. The number of hydrogen-bond acceptors (Lipinski definition) is 9. The zero-order valence-corrected chi connectivity index (χ0v) is 33.8. The SMILES string of the molecule is Cc1ccc2nc(C(F)(F)F)c3c(c2c1)CC[C@]1(C[C@H]2C(=O)N[C@@H](C(=O)NS(=O)(=O)C4(C)CC4)C/C=C\CCCCC[C@H](NC(=O)OC(C)(C)C(F)(F)F)C(=O)N2C1)O3. The molecule has 324 valence electrons. The van der Waals surface area contributed by atoms with Gasteiger partial charge in [-0.1, -0.05) is 36.6 Å².